The number of nitrogens with one attached hydrogen (secondary N) is 2. The van der Waals surface area contributed by atoms with E-state index in [1.807, 2.05) is 0 Å². The first kappa shape index (κ1) is 32.4. The van der Waals surface area contributed by atoms with E-state index < -0.39 is 69.1 Å². The highest BCUT2D eigenvalue weighted by Gasteiger charge is 2.58. The molecular formula is C24H31N5O13P2. The third-order valence-electron chi connectivity index (χ3n) is 7.15. The van der Waals surface area contributed by atoms with Crippen LogP contribution in [0.15, 0.2) is 41.7 Å². The van der Waals surface area contributed by atoms with Crippen LogP contribution in [0.1, 0.15) is 38.5 Å². The molecule has 3 aromatic rings. The van der Waals surface area contributed by atoms with Crippen LogP contribution in [0.5, 0.6) is 0 Å². The minimum absolute atomic E-state index is 0.0652. The first-order valence-corrected chi connectivity index (χ1v) is 16.6. The van der Waals surface area contributed by atoms with Crippen LogP contribution in [-0.2, 0) is 34.7 Å². The van der Waals surface area contributed by atoms with Crippen LogP contribution in [0.2, 0.25) is 0 Å². The van der Waals surface area contributed by atoms with E-state index in [0.717, 1.165) is 0 Å². The van der Waals surface area contributed by atoms with Crippen molar-refractivity contribution in [2.45, 2.75) is 75.5 Å². The Balaban J connectivity index is 1.24. The van der Waals surface area contributed by atoms with Gasteiger partial charge in [-0.2, -0.15) is 0 Å². The van der Waals surface area contributed by atoms with Crippen molar-refractivity contribution in [2.75, 3.05) is 0 Å². The number of carbonyl (C=O) groups excluding carboxylic acids is 1. The number of aliphatic hydroxyl groups excluding tert-OH is 1. The van der Waals surface area contributed by atoms with Crippen LogP contribution in [0.25, 0.3) is 11.2 Å². The largest absolute Gasteiger partial charge is 0.445 e. The summed E-state index contributed by atoms with van der Waals surface area (Å²) >= 11 is 0. The third-order valence-corrected chi connectivity index (χ3v) is 9.32. The van der Waals surface area contributed by atoms with Gasteiger partial charge in [-0.25, -0.2) is 14.8 Å². The highest BCUT2D eigenvalue weighted by Crippen LogP contribution is 2.46. The molecule has 5 rings (SSSR count). The van der Waals surface area contributed by atoms with Crippen LogP contribution in [0.3, 0.4) is 0 Å². The second-order valence-corrected chi connectivity index (χ2v) is 14.2. The molecule has 1 amide bonds. The van der Waals surface area contributed by atoms with Gasteiger partial charge in [0.25, 0.3) is 5.56 Å². The van der Waals surface area contributed by atoms with E-state index in [0.29, 0.717) is 5.56 Å². The fraction of sp³-hybridized carbons (Fsp3) is 0.500. The number of aromatic nitrogens is 4. The lowest BCUT2D eigenvalue weighted by Crippen LogP contribution is -2.40. The minimum Gasteiger partial charge on any atom is -0.445 e. The van der Waals surface area contributed by atoms with Gasteiger partial charge in [-0.15, -0.1) is 0 Å². The summed E-state index contributed by atoms with van der Waals surface area (Å²) in [6.45, 7) is 3.00. The number of nitrogens with zero attached hydrogens (tertiary/aromatic N) is 3. The van der Waals surface area contributed by atoms with E-state index in [9.17, 15) is 43.4 Å². The van der Waals surface area contributed by atoms with Crippen LogP contribution in [0, 0.1) is 0 Å². The zero-order valence-corrected chi connectivity index (χ0v) is 25.1. The van der Waals surface area contributed by atoms with E-state index in [2.05, 4.69) is 20.3 Å². The molecule has 1 aromatic carbocycles. The van der Waals surface area contributed by atoms with E-state index in [4.69, 9.17) is 18.9 Å². The molecule has 6 atom stereocenters. The standard InChI is InChI=1S/C24H31N5O13P2/c1-24(2)41-18-17(40-22(19(18)42-24)29-11-27-16-20(29)25-10-26-21(16)31)14(30)7-8-15(44(36,37)38)28-23(32)39-9-12-3-5-13(6-4-12)43(33,34)35/h3-6,10-11,14-15,17-19,22,30H,7-9H2,1-2H3,(H,28,32)(H,25,26,31)(H2,33,34,35)(H2,36,37,38)/t14?,15?,17-,18-,19-,22-/m1/s1. The summed E-state index contributed by atoms with van der Waals surface area (Å²) in [7, 11) is -9.37. The van der Waals surface area contributed by atoms with Gasteiger partial charge in [0.2, 0.25) is 0 Å². The number of carbonyl (C=O) groups is 1. The lowest BCUT2D eigenvalue weighted by molar-refractivity contribution is -0.207. The maximum Gasteiger partial charge on any atom is 0.408 e. The Morgan fingerprint density at radius 3 is 2.45 bits per heavy atom. The molecule has 2 aliphatic heterocycles. The molecular weight excluding hydrogens is 628 g/mol. The number of benzene rings is 1. The molecule has 4 heterocycles. The molecule has 0 saturated carbocycles. The molecule has 0 aliphatic carbocycles. The number of amides is 1. The predicted octanol–water partition coefficient (Wildman–Crippen LogP) is -0.0886. The van der Waals surface area contributed by atoms with Crippen LogP contribution >= 0.6 is 15.2 Å². The normalized spacial score (nSPS) is 24.6. The molecule has 2 fully saturated rings. The van der Waals surface area contributed by atoms with Crippen molar-refractivity contribution >= 4 is 37.8 Å². The highest BCUT2D eigenvalue weighted by atomic mass is 31.2. The van der Waals surface area contributed by atoms with Crippen molar-refractivity contribution in [3.05, 3.63) is 52.8 Å². The first-order chi connectivity index (χ1) is 20.5. The van der Waals surface area contributed by atoms with Gasteiger partial charge in [-0.05, 0) is 44.4 Å². The Labute approximate surface area is 248 Å². The fourth-order valence-electron chi connectivity index (χ4n) is 5.12. The Morgan fingerprint density at radius 2 is 1.80 bits per heavy atom. The van der Waals surface area contributed by atoms with Gasteiger partial charge in [0.15, 0.2) is 23.2 Å². The molecule has 2 unspecified atom stereocenters. The van der Waals surface area contributed by atoms with Crippen molar-refractivity contribution in [3.8, 4) is 0 Å². The average molecular weight is 659 g/mol. The van der Waals surface area contributed by atoms with Gasteiger partial charge >= 0.3 is 21.3 Å². The highest BCUT2D eigenvalue weighted by molar-refractivity contribution is 7.60. The van der Waals surface area contributed by atoms with E-state index in [1.54, 1.807) is 13.8 Å². The second-order valence-electron chi connectivity index (χ2n) is 10.8. The quantitative estimate of drug-likeness (QED) is 0.140. The van der Waals surface area contributed by atoms with Crippen molar-refractivity contribution in [1.29, 1.82) is 0 Å². The third kappa shape index (κ3) is 6.94. The summed E-state index contributed by atoms with van der Waals surface area (Å²) in [6, 6.07) is 5.00. The molecule has 2 aromatic heterocycles. The average Bonchev–Trinajstić information content (AvgIpc) is 3.60. The van der Waals surface area contributed by atoms with Crippen molar-refractivity contribution < 1.29 is 57.6 Å². The molecule has 7 N–H and O–H groups in total. The fourth-order valence-corrected chi connectivity index (χ4v) is 6.42. The number of alkyl carbamates (subject to hydrolysis) is 1. The van der Waals surface area contributed by atoms with Gasteiger partial charge in [-0.1, -0.05) is 12.1 Å². The lowest BCUT2D eigenvalue weighted by atomic mass is 10.0. The van der Waals surface area contributed by atoms with E-state index in [1.165, 1.54) is 41.5 Å². The number of ether oxygens (including phenoxy) is 4. The van der Waals surface area contributed by atoms with Gasteiger partial charge < -0.3 is 53.9 Å². The van der Waals surface area contributed by atoms with Crippen molar-refractivity contribution in [2.24, 2.45) is 0 Å². The molecule has 0 spiro atoms. The molecule has 2 aliphatic rings. The monoisotopic (exact) mass is 659 g/mol. The SMILES string of the molecule is CC1(C)O[C@@H]2[C@H](O1)[C@@H](C(O)CCC(NC(=O)OCc1ccc(P(=O)(O)O)cc1)P(=O)(O)O)O[C@H]2n1cnc2c(=O)[nH]cnc21. The number of hydrogen-bond acceptors (Lipinski definition) is 11. The summed E-state index contributed by atoms with van der Waals surface area (Å²) in [6.07, 6.45) is -4.08. The van der Waals surface area contributed by atoms with Gasteiger partial charge in [0, 0.05) is 0 Å². The molecule has 2 saturated heterocycles. The number of aliphatic hydroxyl groups is 1. The zero-order valence-electron chi connectivity index (χ0n) is 23.3. The number of imidazole rings is 1. The number of aromatic amines is 1. The topological polar surface area (TPSA) is 265 Å². The summed E-state index contributed by atoms with van der Waals surface area (Å²) in [5.41, 5.74) is 0.185. The van der Waals surface area contributed by atoms with Crippen LogP contribution in [0.4, 0.5) is 4.79 Å². The lowest BCUT2D eigenvalue weighted by Gasteiger charge is -2.28. The maximum absolute atomic E-state index is 12.4. The van der Waals surface area contributed by atoms with Gasteiger partial charge in [-0.3, -0.25) is 18.5 Å². The predicted molar refractivity (Wildman–Crippen MR) is 148 cm³/mol. The number of rotatable bonds is 10. The molecule has 44 heavy (non-hydrogen) atoms. The zero-order chi connectivity index (χ0) is 32.0. The first-order valence-electron chi connectivity index (χ1n) is 13.3. The Hall–Kier alpha value is -3.02. The summed E-state index contributed by atoms with van der Waals surface area (Å²) < 4.78 is 48.1. The molecule has 0 bridgehead atoms. The van der Waals surface area contributed by atoms with E-state index in [-0.39, 0.29) is 35.9 Å². The van der Waals surface area contributed by atoms with Crippen molar-refractivity contribution in [1.82, 2.24) is 24.8 Å². The van der Waals surface area contributed by atoms with Crippen LogP contribution < -0.4 is 16.2 Å². The van der Waals surface area contributed by atoms with Gasteiger partial charge in [0.1, 0.15) is 30.7 Å². The molecule has 240 valence electrons. The summed E-state index contributed by atoms with van der Waals surface area (Å²) in [4.78, 5) is 73.3. The molecule has 0 radical (unpaired) electrons. The Bertz CT molecular complexity index is 1670. The smallest absolute Gasteiger partial charge is 0.408 e. The Morgan fingerprint density at radius 1 is 1.11 bits per heavy atom. The Kier molecular flexibility index (Phi) is 8.87. The molecule has 18 nitrogen and oxygen atoms in total. The van der Waals surface area contributed by atoms with Crippen molar-refractivity contribution in [3.63, 3.8) is 0 Å². The van der Waals surface area contributed by atoms with Gasteiger partial charge in [0.05, 0.1) is 24.1 Å². The van der Waals surface area contributed by atoms with E-state index >= 15 is 0 Å². The summed E-state index contributed by atoms with van der Waals surface area (Å²) in [5.74, 6) is -2.78. The van der Waals surface area contributed by atoms with Crippen LogP contribution in [-0.4, -0.2) is 86.3 Å². The number of H-pyrrole nitrogens is 1. The maximum atomic E-state index is 12.4. The summed E-state index contributed by atoms with van der Waals surface area (Å²) in [5, 5.41) is 13.0. The number of hydrogen-bond donors (Lipinski definition) is 7. The number of fused-ring (bicyclic) bond motifs is 2. The second kappa shape index (κ2) is 12.1. The minimum atomic E-state index is -4.92. The molecule has 20 heteroatoms.